The molecule has 1 amide bonds. The molecule has 0 aliphatic carbocycles. The molecular formula is C25H30Cl2N6O5S. The van der Waals surface area contributed by atoms with E-state index >= 15 is 0 Å². The summed E-state index contributed by atoms with van der Waals surface area (Å²) in [5.74, 6) is -0.241. The predicted octanol–water partition coefficient (Wildman–Crippen LogP) is 4.19. The molecule has 3 rings (SSSR count). The number of aromatic nitrogens is 4. The Morgan fingerprint density at radius 2 is 1.72 bits per heavy atom. The van der Waals surface area contributed by atoms with Gasteiger partial charge in [0.1, 0.15) is 12.1 Å². The number of ether oxygens (including phenoxy) is 1. The van der Waals surface area contributed by atoms with E-state index in [2.05, 4.69) is 20.1 Å². The first-order chi connectivity index (χ1) is 18.3. The van der Waals surface area contributed by atoms with E-state index in [1.807, 2.05) is 0 Å². The Bertz CT molecular complexity index is 1390. The first-order valence-corrected chi connectivity index (χ1v) is 14.3. The van der Waals surface area contributed by atoms with E-state index in [0.29, 0.717) is 25.5 Å². The Morgan fingerprint density at radius 1 is 1.08 bits per heavy atom. The molecule has 39 heavy (non-hydrogen) atoms. The van der Waals surface area contributed by atoms with Crippen LogP contribution in [0, 0.1) is 0 Å². The van der Waals surface area contributed by atoms with Gasteiger partial charge in [-0.05, 0) is 55.7 Å². The number of tetrazole rings is 1. The van der Waals surface area contributed by atoms with Crippen molar-refractivity contribution in [1.82, 2.24) is 29.2 Å². The molecule has 11 nitrogen and oxygen atoms in total. The first kappa shape index (κ1) is 30.5. The van der Waals surface area contributed by atoms with Gasteiger partial charge < -0.3 is 4.74 Å². The largest absolute Gasteiger partial charge is 0.443 e. The zero-order valence-electron chi connectivity index (χ0n) is 22.0. The number of carbonyl (C=O) groups is 2. The summed E-state index contributed by atoms with van der Waals surface area (Å²) >= 11 is 12.4. The molecule has 210 valence electrons. The summed E-state index contributed by atoms with van der Waals surface area (Å²) in [5.41, 5.74) is 0.240. The Kier molecular flexibility index (Phi) is 10.1. The third-order valence-electron chi connectivity index (χ3n) is 5.33. The van der Waals surface area contributed by atoms with Gasteiger partial charge in [-0.15, -0.1) is 10.2 Å². The summed E-state index contributed by atoms with van der Waals surface area (Å²) in [4.78, 5) is 27.0. The molecule has 1 N–H and O–H groups in total. The topological polar surface area (TPSA) is 136 Å². The van der Waals surface area contributed by atoms with Gasteiger partial charge in [0.2, 0.25) is 0 Å². The van der Waals surface area contributed by atoms with Crippen molar-refractivity contribution < 1.29 is 22.7 Å². The fraction of sp³-hybridized carbons (Fsp3) is 0.400. The molecule has 0 radical (unpaired) electrons. The number of rotatable bonds is 11. The van der Waals surface area contributed by atoms with Gasteiger partial charge in [0, 0.05) is 16.5 Å². The number of ketones is 1. The van der Waals surface area contributed by atoms with Crippen LogP contribution >= 0.6 is 23.2 Å². The van der Waals surface area contributed by atoms with Crippen molar-refractivity contribution in [3.8, 4) is 0 Å². The van der Waals surface area contributed by atoms with Crippen LogP contribution in [-0.4, -0.2) is 56.4 Å². The lowest BCUT2D eigenvalue weighted by molar-refractivity contribution is -0.121. The fourth-order valence-corrected chi connectivity index (χ4v) is 5.32. The highest BCUT2D eigenvalue weighted by molar-refractivity contribution is 7.87. The van der Waals surface area contributed by atoms with Crippen LogP contribution in [0.25, 0.3) is 0 Å². The van der Waals surface area contributed by atoms with Crippen LogP contribution in [0.15, 0.2) is 48.5 Å². The smallest absolute Gasteiger partial charge is 0.425 e. The number of amides is 1. The zero-order valence-corrected chi connectivity index (χ0v) is 24.3. The van der Waals surface area contributed by atoms with E-state index < -0.39 is 33.7 Å². The molecule has 2 aromatic carbocycles. The van der Waals surface area contributed by atoms with Gasteiger partial charge in [-0.2, -0.15) is 22.2 Å². The number of Topliss-reactive ketones (excluding diaryl/α,β-unsaturated/α-hetero) is 1. The minimum Gasteiger partial charge on any atom is -0.443 e. The van der Waals surface area contributed by atoms with Gasteiger partial charge in [-0.3, -0.25) is 4.79 Å². The van der Waals surface area contributed by atoms with Crippen LogP contribution in [0.4, 0.5) is 4.79 Å². The summed E-state index contributed by atoms with van der Waals surface area (Å²) in [6.07, 6.45) is -0.759. The molecule has 0 saturated heterocycles. The zero-order chi connectivity index (χ0) is 28.8. The van der Waals surface area contributed by atoms with E-state index in [0.717, 1.165) is 4.80 Å². The molecule has 1 heterocycles. The number of hydrogen-bond donors (Lipinski definition) is 1. The van der Waals surface area contributed by atoms with E-state index in [-0.39, 0.29) is 31.8 Å². The van der Waals surface area contributed by atoms with E-state index in [9.17, 15) is 18.0 Å². The Hall–Kier alpha value is -3.06. The van der Waals surface area contributed by atoms with Crippen LogP contribution in [0.5, 0.6) is 0 Å². The maximum atomic E-state index is 13.3. The van der Waals surface area contributed by atoms with Crippen molar-refractivity contribution >= 4 is 45.3 Å². The summed E-state index contributed by atoms with van der Waals surface area (Å²) in [6, 6.07) is 12.5. The number of halogens is 2. The van der Waals surface area contributed by atoms with E-state index in [4.69, 9.17) is 27.9 Å². The number of nitrogens with one attached hydrogen (secondary N) is 1. The third kappa shape index (κ3) is 8.72. The Labute approximate surface area is 237 Å². The molecule has 14 heteroatoms. The standard InChI is InChI=1S/C25H30Cl2N6O5S/c1-5-21(22(34)16-33-29-23(28-31-33)14-18-19(26)12-9-13-20(18)27)30-39(36,37)32(24(35)38-25(2,3)4)15-17-10-7-6-8-11-17/h6-13,21,30H,5,14-16H2,1-4H3. The van der Waals surface area contributed by atoms with Crippen molar-refractivity contribution in [3.05, 3.63) is 75.5 Å². The Balaban J connectivity index is 1.74. The Morgan fingerprint density at radius 3 is 2.31 bits per heavy atom. The van der Waals surface area contributed by atoms with Gasteiger partial charge >= 0.3 is 16.3 Å². The molecule has 0 bridgehead atoms. The fourth-order valence-electron chi connectivity index (χ4n) is 3.45. The maximum absolute atomic E-state index is 13.3. The molecule has 1 unspecified atom stereocenters. The van der Waals surface area contributed by atoms with Crippen molar-refractivity contribution in [2.24, 2.45) is 0 Å². The van der Waals surface area contributed by atoms with Gasteiger partial charge in [0.25, 0.3) is 0 Å². The lowest BCUT2D eigenvalue weighted by Crippen LogP contribution is -2.51. The van der Waals surface area contributed by atoms with Crippen molar-refractivity contribution in [1.29, 1.82) is 0 Å². The number of carbonyl (C=O) groups excluding carboxylic acids is 2. The molecule has 0 fully saturated rings. The molecule has 0 aliphatic heterocycles. The van der Waals surface area contributed by atoms with E-state index in [1.165, 1.54) is 0 Å². The molecule has 1 atom stereocenters. The highest BCUT2D eigenvalue weighted by atomic mass is 35.5. The highest BCUT2D eigenvalue weighted by Crippen LogP contribution is 2.25. The minimum absolute atomic E-state index is 0.113. The summed E-state index contributed by atoms with van der Waals surface area (Å²) < 4.78 is 34.9. The third-order valence-corrected chi connectivity index (χ3v) is 7.48. The second kappa shape index (κ2) is 12.9. The lowest BCUT2D eigenvalue weighted by atomic mass is 10.1. The van der Waals surface area contributed by atoms with Crippen LogP contribution < -0.4 is 4.72 Å². The van der Waals surface area contributed by atoms with E-state index in [1.54, 1.807) is 76.2 Å². The van der Waals surface area contributed by atoms with Crippen LogP contribution in [-0.2, 0) is 39.3 Å². The average molecular weight is 598 g/mol. The SMILES string of the molecule is CCC(NS(=O)(=O)N(Cc1ccccc1)C(=O)OC(C)(C)C)C(=O)Cn1nnc(Cc2c(Cl)cccc2Cl)n1. The van der Waals surface area contributed by atoms with Crippen molar-refractivity contribution in [2.75, 3.05) is 0 Å². The summed E-state index contributed by atoms with van der Waals surface area (Å²) in [6.45, 7) is 5.89. The summed E-state index contributed by atoms with van der Waals surface area (Å²) in [5, 5.41) is 12.9. The van der Waals surface area contributed by atoms with Crippen LogP contribution in [0.2, 0.25) is 10.0 Å². The van der Waals surface area contributed by atoms with Crippen molar-refractivity contribution in [2.45, 2.75) is 65.3 Å². The predicted molar refractivity (Wildman–Crippen MR) is 146 cm³/mol. The quantitative estimate of drug-likeness (QED) is 0.348. The molecule has 3 aromatic rings. The minimum atomic E-state index is -4.49. The van der Waals surface area contributed by atoms with Crippen LogP contribution in [0.3, 0.4) is 0 Å². The molecule has 0 aliphatic rings. The van der Waals surface area contributed by atoms with Gasteiger partial charge in [0.15, 0.2) is 11.6 Å². The number of hydrogen-bond acceptors (Lipinski definition) is 8. The average Bonchev–Trinajstić information content (AvgIpc) is 3.29. The molecular weight excluding hydrogens is 567 g/mol. The highest BCUT2D eigenvalue weighted by Gasteiger charge is 2.35. The monoisotopic (exact) mass is 596 g/mol. The second-order valence-electron chi connectivity index (χ2n) is 9.64. The molecule has 1 aromatic heterocycles. The maximum Gasteiger partial charge on any atom is 0.425 e. The van der Waals surface area contributed by atoms with Gasteiger partial charge in [-0.25, -0.2) is 4.79 Å². The summed E-state index contributed by atoms with van der Waals surface area (Å²) in [7, 11) is -4.49. The first-order valence-electron chi connectivity index (χ1n) is 12.1. The molecule has 0 saturated carbocycles. The lowest BCUT2D eigenvalue weighted by Gasteiger charge is -2.28. The molecule has 0 spiro atoms. The van der Waals surface area contributed by atoms with Gasteiger partial charge in [0.05, 0.1) is 12.6 Å². The normalized spacial score (nSPS) is 12.7. The van der Waals surface area contributed by atoms with Crippen molar-refractivity contribution in [3.63, 3.8) is 0 Å². The number of nitrogens with zero attached hydrogens (tertiary/aromatic N) is 5. The van der Waals surface area contributed by atoms with Crippen LogP contribution in [0.1, 0.15) is 51.1 Å². The van der Waals surface area contributed by atoms with Gasteiger partial charge in [-0.1, -0.05) is 66.5 Å². The number of benzene rings is 2. The second-order valence-corrected chi connectivity index (χ2v) is 12.1.